The Morgan fingerprint density at radius 2 is 2.50 bits per heavy atom. The number of hydrogen-bond donors (Lipinski definition) is 1. The number of hydrogen-bond acceptors (Lipinski definition) is 4. The molecule has 0 amide bonds. The van der Waals surface area contributed by atoms with E-state index >= 15 is 0 Å². The summed E-state index contributed by atoms with van der Waals surface area (Å²) < 4.78 is 0. The molecule has 58 valence electrons. The number of imidazole rings is 1. The summed E-state index contributed by atoms with van der Waals surface area (Å²) in [5.41, 5.74) is 0.436. The standard InChI is InChI=1S/C7H4N4S/c8-3-5-4-12-7(11-5)6-9-1-2-10-6/h1-2,4H,(H,9,10). The van der Waals surface area contributed by atoms with E-state index in [1.54, 1.807) is 17.8 Å². The van der Waals surface area contributed by atoms with Gasteiger partial charge in [0.1, 0.15) is 6.07 Å². The highest BCUT2D eigenvalue weighted by Gasteiger charge is 2.04. The van der Waals surface area contributed by atoms with Crippen LogP contribution in [0.4, 0.5) is 0 Å². The first-order valence-corrected chi connectivity index (χ1v) is 4.13. The molecule has 0 spiro atoms. The van der Waals surface area contributed by atoms with E-state index in [0.717, 1.165) is 5.01 Å². The zero-order valence-electron chi connectivity index (χ0n) is 5.98. The number of nitriles is 1. The van der Waals surface area contributed by atoms with Crippen LogP contribution in [0.25, 0.3) is 10.8 Å². The second-order valence-corrected chi connectivity index (χ2v) is 2.95. The second kappa shape index (κ2) is 2.75. The summed E-state index contributed by atoms with van der Waals surface area (Å²) in [5, 5.41) is 11.0. The molecule has 4 nitrogen and oxygen atoms in total. The van der Waals surface area contributed by atoms with Gasteiger partial charge in [-0.15, -0.1) is 11.3 Å². The molecule has 0 fully saturated rings. The Kier molecular flexibility index (Phi) is 1.61. The maximum absolute atomic E-state index is 8.51. The average Bonchev–Trinajstić information content (AvgIpc) is 2.75. The van der Waals surface area contributed by atoms with E-state index in [9.17, 15) is 0 Å². The molecule has 0 aromatic carbocycles. The fourth-order valence-corrected chi connectivity index (χ4v) is 1.52. The monoisotopic (exact) mass is 176 g/mol. The summed E-state index contributed by atoms with van der Waals surface area (Å²) in [5.74, 6) is 0.710. The number of thiazole rings is 1. The minimum atomic E-state index is 0.436. The van der Waals surface area contributed by atoms with Gasteiger partial charge in [-0.2, -0.15) is 5.26 Å². The van der Waals surface area contributed by atoms with Crippen LogP contribution in [-0.2, 0) is 0 Å². The number of aromatic amines is 1. The van der Waals surface area contributed by atoms with E-state index in [-0.39, 0.29) is 0 Å². The Bertz CT molecular complexity index is 409. The molecular weight excluding hydrogens is 172 g/mol. The third-order valence-electron chi connectivity index (χ3n) is 1.32. The molecule has 12 heavy (non-hydrogen) atoms. The summed E-state index contributed by atoms with van der Waals surface area (Å²) in [7, 11) is 0. The van der Waals surface area contributed by atoms with Crippen LogP contribution in [0.5, 0.6) is 0 Å². The van der Waals surface area contributed by atoms with Crippen molar-refractivity contribution < 1.29 is 0 Å². The predicted octanol–water partition coefficient (Wildman–Crippen LogP) is 1.40. The van der Waals surface area contributed by atoms with Gasteiger partial charge >= 0.3 is 0 Å². The molecule has 0 unspecified atom stereocenters. The number of aromatic nitrogens is 3. The van der Waals surface area contributed by atoms with Gasteiger partial charge in [-0.1, -0.05) is 0 Å². The molecule has 0 atom stereocenters. The van der Waals surface area contributed by atoms with Crippen LogP contribution in [0, 0.1) is 11.3 Å². The molecule has 1 N–H and O–H groups in total. The van der Waals surface area contributed by atoms with Crippen LogP contribution < -0.4 is 0 Å². The average molecular weight is 176 g/mol. The number of H-pyrrole nitrogens is 1. The molecule has 0 saturated carbocycles. The van der Waals surface area contributed by atoms with E-state index < -0.39 is 0 Å². The van der Waals surface area contributed by atoms with Crippen molar-refractivity contribution in [3.8, 4) is 16.9 Å². The zero-order valence-corrected chi connectivity index (χ0v) is 6.80. The lowest BCUT2D eigenvalue weighted by Crippen LogP contribution is -1.78. The fraction of sp³-hybridized carbons (Fsp3) is 0. The summed E-state index contributed by atoms with van der Waals surface area (Å²) in [6, 6.07) is 1.97. The highest BCUT2D eigenvalue weighted by molar-refractivity contribution is 7.13. The molecule has 0 saturated heterocycles. The van der Waals surface area contributed by atoms with Crippen molar-refractivity contribution in [1.29, 1.82) is 5.26 Å². The van der Waals surface area contributed by atoms with Gasteiger partial charge in [0.25, 0.3) is 0 Å². The van der Waals surface area contributed by atoms with E-state index in [1.165, 1.54) is 11.3 Å². The summed E-state index contributed by atoms with van der Waals surface area (Å²) in [6.45, 7) is 0. The first-order chi connectivity index (χ1) is 5.90. The maximum atomic E-state index is 8.51. The van der Waals surface area contributed by atoms with E-state index in [2.05, 4.69) is 15.0 Å². The number of nitrogens with one attached hydrogen (secondary N) is 1. The highest BCUT2D eigenvalue weighted by Crippen LogP contribution is 2.18. The first kappa shape index (κ1) is 7.00. The largest absolute Gasteiger partial charge is 0.343 e. The Labute approximate surface area is 72.5 Å². The quantitative estimate of drug-likeness (QED) is 0.714. The van der Waals surface area contributed by atoms with Gasteiger partial charge in [0.2, 0.25) is 0 Å². The molecule has 0 bridgehead atoms. The molecule has 0 aliphatic carbocycles. The summed E-state index contributed by atoms with van der Waals surface area (Å²) >= 11 is 1.40. The molecular formula is C7H4N4S. The number of rotatable bonds is 1. The molecule has 2 rings (SSSR count). The molecule has 2 heterocycles. The second-order valence-electron chi connectivity index (χ2n) is 2.09. The molecule has 5 heteroatoms. The Balaban J connectivity index is 2.44. The molecule has 2 aromatic rings. The van der Waals surface area contributed by atoms with Crippen LogP contribution in [0.3, 0.4) is 0 Å². The highest BCUT2D eigenvalue weighted by atomic mass is 32.1. The van der Waals surface area contributed by atoms with Crippen molar-refractivity contribution in [1.82, 2.24) is 15.0 Å². The lowest BCUT2D eigenvalue weighted by Gasteiger charge is -1.84. The van der Waals surface area contributed by atoms with Crippen molar-refractivity contribution in [3.05, 3.63) is 23.5 Å². The Morgan fingerprint density at radius 1 is 1.58 bits per heavy atom. The number of nitrogens with zero attached hydrogens (tertiary/aromatic N) is 3. The summed E-state index contributed by atoms with van der Waals surface area (Å²) in [4.78, 5) is 11.0. The molecule has 0 radical (unpaired) electrons. The lowest BCUT2D eigenvalue weighted by molar-refractivity contribution is 1.25. The minimum Gasteiger partial charge on any atom is -0.343 e. The van der Waals surface area contributed by atoms with Gasteiger partial charge < -0.3 is 4.98 Å². The topological polar surface area (TPSA) is 65.4 Å². The summed E-state index contributed by atoms with van der Waals surface area (Å²) in [6.07, 6.45) is 3.38. The SMILES string of the molecule is N#Cc1csc(-c2ncc[nH]2)n1. The van der Waals surface area contributed by atoms with Crippen LogP contribution in [0.15, 0.2) is 17.8 Å². The van der Waals surface area contributed by atoms with Gasteiger partial charge in [0.05, 0.1) is 0 Å². The van der Waals surface area contributed by atoms with Crippen molar-refractivity contribution in [3.63, 3.8) is 0 Å². The normalized spacial score (nSPS) is 9.58. The fourth-order valence-electron chi connectivity index (χ4n) is 0.816. The van der Waals surface area contributed by atoms with Crippen LogP contribution in [-0.4, -0.2) is 15.0 Å². The van der Waals surface area contributed by atoms with Crippen LogP contribution in [0.2, 0.25) is 0 Å². The third-order valence-corrected chi connectivity index (χ3v) is 2.17. The maximum Gasteiger partial charge on any atom is 0.166 e. The van der Waals surface area contributed by atoms with Gasteiger partial charge in [-0.25, -0.2) is 9.97 Å². The lowest BCUT2D eigenvalue weighted by atomic mass is 10.5. The van der Waals surface area contributed by atoms with Crippen molar-refractivity contribution in [2.75, 3.05) is 0 Å². The molecule has 0 aliphatic heterocycles. The van der Waals surface area contributed by atoms with E-state index in [0.29, 0.717) is 11.5 Å². The predicted molar refractivity (Wildman–Crippen MR) is 44.4 cm³/mol. The van der Waals surface area contributed by atoms with Gasteiger partial charge in [-0.05, 0) is 0 Å². The Morgan fingerprint density at radius 3 is 3.08 bits per heavy atom. The van der Waals surface area contributed by atoms with Crippen molar-refractivity contribution in [2.45, 2.75) is 0 Å². The van der Waals surface area contributed by atoms with Crippen LogP contribution >= 0.6 is 11.3 Å². The van der Waals surface area contributed by atoms with Crippen LogP contribution in [0.1, 0.15) is 5.69 Å². The molecule has 2 aromatic heterocycles. The van der Waals surface area contributed by atoms with Gasteiger partial charge in [0.15, 0.2) is 16.5 Å². The Hall–Kier alpha value is -1.67. The van der Waals surface area contributed by atoms with E-state index in [1.807, 2.05) is 6.07 Å². The zero-order chi connectivity index (χ0) is 8.39. The first-order valence-electron chi connectivity index (χ1n) is 3.25. The smallest absolute Gasteiger partial charge is 0.166 e. The third kappa shape index (κ3) is 1.08. The van der Waals surface area contributed by atoms with Crippen molar-refractivity contribution >= 4 is 11.3 Å². The molecule has 0 aliphatic rings. The minimum absolute atomic E-state index is 0.436. The van der Waals surface area contributed by atoms with Gasteiger partial charge in [-0.3, -0.25) is 0 Å². The van der Waals surface area contributed by atoms with E-state index in [4.69, 9.17) is 5.26 Å². The van der Waals surface area contributed by atoms with Gasteiger partial charge in [0, 0.05) is 17.8 Å². The van der Waals surface area contributed by atoms with Crippen molar-refractivity contribution in [2.24, 2.45) is 0 Å².